The van der Waals surface area contributed by atoms with Gasteiger partial charge in [-0.15, -0.1) is 0 Å². The van der Waals surface area contributed by atoms with E-state index >= 15 is 0 Å². The summed E-state index contributed by atoms with van der Waals surface area (Å²) in [4.78, 5) is 12.0. The number of hydrogen-bond acceptors (Lipinski definition) is 4. The molecular formula is C8H8N4O. The molecule has 0 aliphatic heterocycles. The third kappa shape index (κ3) is 1.54. The van der Waals surface area contributed by atoms with Gasteiger partial charge in [0.25, 0.3) is 0 Å². The van der Waals surface area contributed by atoms with Crippen LogP contribution in [0.15, 0.2) is 31.0 Å². The van der Waals surface area contributed by atoms with Gasteiger partial charge in [0.05, 0.1) is 12.3 Å². The molecule has 0 aliphatic rings. The first kappa shape index (κ1) is 7.88. The minimum atomic E-state index is -0.0696. The van der Waals surface area contributed by atoms with E-state index in [1.807, 2.05) is 0 Å². The molecule has 0 radical (unpaired) electrons. The normalized spacial score (nSPS) is 10.2. The molecule has 66 valence electrons. The van der Waals surface area contributed by atoms with Crippen LogP contribution in [-0.4, -0.2) is 24.6 Å². The van der Waals surface area contributed by atoms with Crippen molar-refractivity contribution in [2.75, 3.05) is 0 Å². The monoisotopic (exact) mass is 176 g/mol. The van der Waals surface area contributed by atoms with E-state index in [1.165, 1.54) is 0 Å². The number of aromatic nitrogens is 4. The van der Waals surface area contributed by atoms with E-state index < -0.39 is 0 Å². The fourth-order valence-electron chi connectivity index (χ4n) is 0.979. The average molecular weight is 176 g/mol. The van der Waals surface area contributed by atoms with Crippen LogP contribution in [0.25, 0.3) is 5.95 Å². The lowest BCUT2D eigenvalue weighted by Gasteiger charge is -1.96. The van der Waals surface area contributed by atoms with E-state index in [1.54, 1.807) is 35.6 Å². The van der Waals surface area contributed by atoms with Crippen LogP contribution < -0.4 is 0 Å². The first-order valence-corrected chi connectivity index (χ1v) is 3.81. The van der Waals surface area contributed by atoms with Crippen molar-refractivity contribution in [1.82, 2.24) is 19.5 Å². The van der Waals surface area contributed by atoms with Gasteiger partial charge in [0.2, 0.25) is 5.95 Å². The van der Waals surface area contributed by atoms with Crippen LogP contribution in [0.2, 0.25) is 0 Å². The van der Waals surface area contributed by atoms with Crippen LogP contribution >= 0.6 is 0 Å². The van der Waals surface area contributed by atoms with Crippen molar-refractivity contribution >= 4 is 0 Å². The number of nitrogens with zero attached hydrogens (tertiary/aromatic N) is 4. The van der Waals surface area contributed by atoms with Gasteiger partial charge in [-0.05, 0) is 6.07 Å². The Kier molecular flexibility index (Phi) is 2.01. The van der Waals surface area contributed by atoms with E-state index in [-0.39, 0.29) is 6.61 Å². The van der Waals surface area contributed by atoms with Crippen molar-refractivity contribution < 1.29 is 5.11 Å². The molecule has 2 heterocycles. The zero-order valence-electron chi connectivity index (χ0n) is 6.83. The summed E-state index contributed by atoms with van der Waals surface area (Å²) in [6.45, 7) is -0.0696. The molecule has 2 aromatic heterocycles. The Balaban J connectivity index is 2.36. The van der Waals surface area contributed by atoms with Gasteiger partial charge in [-0.1, -0.05) is 0 Å². The molecule has 2 rings (SSSR count). The number of aliphatic hydroxyl groups excluding tert-OH is 1. The van der Waals surface area contributed by atoms with Gasteiger partial charge in [-0.3, -0.25) is 4.57 Å². The number of hydrogen-bond donors (Lipinski definition) is 1. The zero-order valence-corrected chi connectivity index (χ0v) is 6.83. The van der Waals surface area contributed by atoms with Gasteiger partial charge in [0.1, 0.15) is 6.33 Å². The molecule has 2 aromatic rings. The lowest BCUT2D eigenvalue weighted by molar-refractivity contribution is 0.277. The van der Waals surface area contributed by atoms with Gasteiger partial charge in [-0.25, -0.2) is 15.0 Å². The fourth-order valence-corrected chi connectivity index (χ4v) is 0.979. The minimum absolute atomic E-state index is 0.0696. The van der Waals surface area contributed by atoms with E-state index in [0.29, 0.717) is 11.6 Å². The summed E-state index contributed by atoms with van der Waals surface area (Å²) in [6.07, 6.45) is 6.57. The van der Waals surface area contributed by atoms with E-state index in [0.717, 1.165) is 0 Å². The Morgan fingerprint density at radius 2 is 2.00 bits per heavy atom. The van der Waals surface area contributed by atoms with Gasteiger partial charge < -0.3 is 5.11 Å². The molecule has 5 heteroatoms. The zero-order chi connectivity index (χ0) is 9.10. The lowest BCUT2D eigenvalue weighted by atomic mass is 10.5. The van der Waals surface area contributed by atoms with Crippen LogP contribution in [0.4, 0.5) is 0 Å². The number of rotatable bonds is 2. The molecular weight excluding hydrogens is 168 g/mol. The predicted molar refractivity (Wildman–Crippen MR) is 45.1 cm³/mol. The maximum Gasteiger partial charge on any atom is 0.234 e. The van der Waals surface area contributed by atoms with Crippen LogP contribution in [0.3, 0.4) is 0 Å². The Morgan fingerprint density at radius 3 is 2.62 bits per heavy atom. The van der Waals surface area contributed by atoms with Crippen molar-refractivity contribution in [2.24, 2.45) is 0 Å². The first-order valence-electron chi connectivity index (χ1n) is 3.81. The first-order chi connectivity index (χ1) is 6.40. The molecule has 13 heavy (non-hydrogen) atoms. The Morgan fingerprint density at radius 1 is 1.23 bits per heavy atom. The van der Waals surface area contributed by atoms with Crippen molar-refractivity contribution in [1.29, 1.82) is 0 Å². The summed E-state index contributed by atoms with van der Waals surface area (Å²) < 4.78 is 1.66. The van der Waals surface area contributed by atoms with Gasteiger partial charge >= 0.3 is 0 Å². The molecule has 0 spiro atoms. The van der Waals surface area contributed by atoms with E-state index in [2.05, 4.69) is 15.0 Å². The second-order valence-corrected chi connectivity index (χ2v) is 2.48. The molecule has 1 N–H and O–H groups in total. The molecule has 0 atom stereocenters. The number of imidazole rings is 1. The molecule has 0 aliphatic carbocycles. The van der Waals surface area contributed by atoms with Crippen LogP contribution in [0.5, 0.6) is 0 Å². The predicted octanol–water partition coefficient (Wildman–Crippen LogP) is 0.155. The summed E-state index contributed by atoms with van der Waals surface area (Å²) in [5, 5.41) is 8.78. The van der Waals surface area contributed by atoms with Crippen LogP contribution in [-0.2, 0) is 6.61 Å². The quantitative estimate of drug-likeness (QED) is 0.707. The van der Waals surface area contributed by atoms with E-state index in [9.17, 15) is 0 Å². The molecule has 0 fully saturated rings. The molecule has 0 bridgehead atoms. The number of aliphatic hydroxyl groups is 1. The largest absolute Gasteiger partial charge is 0.390 e. The van der Waals surface area contributed by atoms with Gasteiger partial charge in [0, 0.05) is 18.6 Å². The van der Waals surface area contributed by atoms with Crippen molar-refractivity contribution in [3.63, 3.8) is 0 Å². The second kappa shape index (κ2) is 3.32. The lowest BCUT2D eigenvalue weighted by Crippen LogP contribution is -1.96. The third-order valence-electron chi connectivity index (χ3n) is 1.58. The van der Waals surface area contributed by atoms with Crippen molar-refractivity contribution in [3.05, 3.63) is 36.7 Å². The van der Waals surface area contributed by atoms with Crippen LogP contribution in [0.1, 0.15) is 5.69 Å². The van der Waals surface area contributed by atoms with Crippen molar-refractivity contribution in [2.45, 2.75) is 6.61 Å². The minimum Gasteiger partial charge on any atom is -0.390 e. The highest BCUT2D eigenvalue weighted by Gasteiger charge is 2.00. The highest BCUT2D eigenvalue weighted by atomic mass is 16.3. The van der Waals surface area contributed by atoms with E-state index in [4.69, 9.17) is 5.11 Å². The molecule has 5 nitrogen and oxygen atoms in total. The van der Waals surface area contributed by atoms with Gasteiger partial charge in [-0.2, -0.15) is 0 Å². The highest BCUT2D eigenvalue weighted by Crippen LogP contribution is 2.01. The maximum atomic E-state index is 8.78. The second-order valence-electron chi connectivity index (χ2n) is 2.48. The molecule has 0 amide bonds. The Hall–Kier alpha value is -1.75. The molecule has 0 saturated heterocycles. The Labute approximate surface area is 74.7 Å². The summed E-state index contributed by atoms with van der Waals surface area (Å²) in [6, 6.07) is 1.74. The smallest absolute Gasteiger partial charge is 0.234 e. The van der Waals surface area contributed by atoms with Crippen molar-refractivity contribution in [3.8, 4) is 5.95 Å². The topological polar surface area (TPSA) is 63.8 Å². The maximum absolute atomic E-state index is 8.78. The molecule has 0 saturated carbocycles. The fraction of sp³-hybridized carbons (Fsp3) is 0.125. The molecule has 0 aromatic carbocycles. The molecule has 0 unspecified atom stereocenters. The highest BCUT2D eigenvalue weighted by molar-refractivity contribution is 5.12. The SMILES string of the molecule is OCc1cn(-c2ncccn2)cn1. The summed E-state index contributed by atoms with van der Waals surface area (Å²) in [5.41, 5.74) is 0.604. The summed E-state index contributed by atoms with van der Waals surface area (Å²) in [5.74, 6) is 0.551. The summed E-state index contributed by atoms with van der Waals surface area (Å²) >= 11 is 0. The van der Waals surface area contributed by atoms with Gasteiger partial charge in [0.15, 0.2) is 0 Å². The standard InChI is InChI=1S/C8H8N4O/c13-5-7-4-12(6-11-7)8-9-2-1-3-10-8/h1-4,6,13H,5H2. The third-order valence-corrected chi connectivity index (χ3v) is 1.58. The summed E-state index contributed by atoms with van der Waals surface area (Å²) in [7, 11) is 0. The Bertz CT molecular complexity index is 384. The van der Waals surface area contributed by atoms with Crippen LogP contribution in [0, 0.1) is 0 Å². The average Bonchev–Trinajstić information content (AvgIpc) is 2.67.